The van der Waals surface area contributed by atoms with Crippen molar-refractivity contribution in [2.45, 2.75) is 43.6 Å². The molecule has 3 aliphatic rings. The van der Waals surface area contributed by atoms with Gasteiger partial charge in [0, 0.05) is 24.2 Å². The number of carbonyl (C=O) groups is 1. The molecule has 1 amide bonds. The molecule has 0 radical (unpaired) electrons. The van der Waals surface area contributed by atoms with Crippen LogP contribution in [0.15, 0.2) is 24.3 Å². The Kier molecular flexibility index (Phi) is 5.00. The molecule has 1 aromatic rings. The van der Waals surface area contributed by atoms with Crippen molar-refractivity contribution in [3.8, 4) is 0 Å². The summed E-state index contributed by atoms with van der Waals surface area (Å²) in [5.41, 5.74) is 2.32. The molecule has 1 atom stereocenters. The maximum Gasteiger partial charge on any atom is 0.345 e. The van der Waals surface area contributed by atoms with Gasteiger partial charge in [-0.25, -0.2) is 0 Å². The summed E-state index contributed by atoms with van der Waals surface area (Å²) in [6, 6.07) is 7.10. The second-order valence-corrected chi connectivity index (χ2v) is 9.85. The van der Waals surface area contributed by atoms with E-state index in [4.69, 9.17) is 4.55 Å². The molecule has 0 aromatic heterocycles. The smallest absolute Gasteiger partial charge is 0.311 e. The van der Waals surface area contributed by atoms with Crippen LogP contribution in [0.3, 0.4) is 0 Å². The molecule has 1 saturated carbocycles. The zero-order chi connectivity index (χ0) is 19.2. The number of anilines is 1. The molecule has 2 aliphatic heterocycles. The lowest BCUT2D eigenvalue weighted by atomic mass is 9.95. The first-order valence-corrected chi connectivity index (χ1v) is 11.2. The van der Waals surface area contributed by atoms with Gasteiger partial charge >= 0.3 is 10.3 Å². The Bertz CT molecular complexity index is 818. The topological polar surface area (TPSA) is 81.2 Å². The van der Waals surface area contributed by atoms with Crippen LogP contribution >= 0.6 is 12.8 Å². The molecule has 1 aliphatic carbocycles. The van der Waals surface area contributed by atoms with Gasteiger partial charge in [-0.1, -0.05) is 24.9 Å². The number of carbonyl (C=O) groups excluding carboxylic acids is 1. The number of hydrogen-bond acceptors (Lipinski definition) is 5. The van der Waals surface area contributed by atoms with Gasteiger partial charge in [0.2, 0.25) is 5.91 Å². The number of thiol groups is 1. The molecule has 3 fully saturated rings. The summed E-state index contributed by atoms with van der Waals surface area (Å²) in [7, 11) is -4.51. The van der Waals surface area contributed by atoms with E-state index in [0.717, 1.165) is 12.2 Å². The molecule has 2 saturated heterocycles. The van der Waals surface area contributed by atoms with Crippen LogP contribution in [0.5, 0.6) is 0 Å². The number of benzene rings is 1. The van der Waals surface area contributed by atoms with E-state index >= 15 is 0 Å². The molecule has 1 N–H and O–H groups in total. The lowest BCUT2D eigenvalue weighted by Crippen LogP contribution is -2.39. The Morgan fingerprint density at radius 1 is 1.15 bits per heavy atom. The first kappa shape index (κ1) is 19.2. The van der Waals surface area contributed by atoms with Crippen molar-refractivity contribution in [1.29, 1.82) is 0 Å². The van der Waals surface area contributed by atoms with Gasteiger partial charge in [-0.15, -0.1) is 3.71 Å². The van der Waals surface area contributed by atoms with Crippen LogP contribution in [0.4, 0.5) is 5.69 Å². The summed E-state index contributed by atoms with van der Waals surface area (Å²) in [6.45, 7) is 3.89. The Balaban J connectivity index is 1.46. The summed E-state index contributed by atoms with van der Waals surface area (Å²) < 4.78 is 32.0. The van der Waals surface area contributed by atoms with E-state index in [-0.39, 0.29) is 11.3 Å². The van der Waals surface area contributed by atoms with Gasteiger partial charge in [0.05, 0.1) is 0 Å². The van der Waals surface area contributed by atoms with Crippen molar-refractivity contribution in [2.75, 3.05) is 31.1 Å². The van der Waals surface area contributed by atoms with Crippen LogP contribution in [0, 0.1) is 0 Å². The van der Waals surface area contributed by atoms with Gasteiger partial charge < -0.3 is 9.80 Å². The molecule has 148 valence electrons. The summed E-state index contributed by atoms with van der Waals surface area (Å²) in [5.74, 6) is -0.367. The molecule has 0 bridgehead atoms. The fourth-order valence-corrected chi connectivity index (χ4v) is 5.07. The molecule has 2 heterocycles. The van der Waals surface area contributed by atoms with E-state index in [0.29, 0.717) is 16.7 Å². The first-order valence-electron chi connectivity index (χ1n) is 9.40. The van der Waals surface area contributed by atoms with Crippen molar-refractivity contribution in [3.05, 3.63) is 29.8 Å². The summed E-state index contributed by atoms with van der Waals surface area (Å²) >= 11 is 3.78. The minimum atomic E-state index is -4.51. The second-order valence-electron chi connectivity index (χ2n) is 7.86. The Hall–Kier alpha value is -1.13. The van der Waals surface area contributed by atoms with Gasteiger partial charge in [0.1, 0.15) is 6.04 Å². The van der Waals surface area contributed by atoms with E-state index in [2.05, 4.69) is 29.8 Å². The summed E-state index contributed by atoms with van der Waals surface area (Å²) in [5, 5.41) is 0. The van der Waals surface area contributed by atoms with E-state index in [1.54, 1.807) is 4.90 Å². The van der Waals surface area contributed by atoms with E-state index in [1.165, 1.54) is 44.3 Å². The minimum Gasteiger partial charge on any atom is -0.311 e. The monoisotopic (exact) mass is 411 g/mol. The molecule has 1 aromatic carbocycles. The lowest BCUT2D eigenvalue weighted by Gasteiger charge is -2.24. The number of nitrogens with zero attached hydrogens (tertiary/aromatic N) is 3. The van der Waals surface area contributed by atoms with Gasteiger partial charge in [0.15, 0.2) is 0 Å². The predicted molar refractivity (Wildman–Crippen MR) is 106 cm³/mol. The third-order valence-electron chi connectivity index (χ3n) is 6.05. The fourth-order valence-electron chi connectivity index (χ4n) is 4.34. The summed E-state index contributed by atoms with van der Waals surface area (Å²) in [4.78, 5) is 16.7. The van der Waals surface area contributed by atoms with Crippen LogP contribution in [-0.4, -0.2) is 59.7 Å². The maximum absolute atomic E-state index is 12.6. The van der Waals surface area contributed by atoms with E-state index < -0.39 is 16.3 Å². The average molecular weight is 412 g/mol. The molecule has 9 heteroatoms. The molecule has 27 heavy (non-hydrogen) atoms. The van der Waals surface area contributed by atoms with Crippen LogP contribution < -0.4 is 4.90 Å². The van der Waals surface area contributed by atoms with Crippen LogP contribution in [-0.2, 0) is 20.5 Å². The molecule has 7 nitrogen and oxygen atoms in total. The number of rotatable bonds is 6. The average Bonchev–Trinajstić information content (AvgIpc) is 3.04. The van der Waals surface area contributed by atoms with Crippen molar-refractivity contribution < 1.29 is 17.8 Å². The summed E-state index contributed by atoms with van der Waals surface area (Å²) in [6.07, 6.45) is 5.29. The molecule has 0 spiro atoms. The Morgan fingerprint density at radius 2 is 1.78 bits per heavy atom. The van der Waals surface area contributed by atoms with Crippen LogP contribution in [0.2, 0.25) is 0 Å². The van der Waals surface area contributed by atoms with Crippen LogP contribution in [0.1, 0.15) is 37.7 Å². The van der Waals surface area contributed by atoms with E-state index in [9.17, 15) is 13.2 Å². The normalized spacial score (nSPS) is 25.5. The lowest BCUT2D eigenvalue weighted by molar-refractivity contribution is -0.119. The molecule has 1 unspecified atom stereocenters. The van der Waals surface area contributed by atoms with Gasteiger partial charge in [-0.05, 0) is 62.9 Å². The highest BCUT2D eigenvalue weighted by Gasteiger charge is 2.46. The SMILES string of the molecule is O=C1C(N(S)S(=O)(=O)O)CCN1c1ccc(C2(CN3CCCC3)CC2)cc1. The molecular formula is C18H25N3O4S2. The molecular weight excluding hydrogens is 386 g/mol. The van der Waals surface area contributed by atoms with Crippen LogP contribution in [0.25, 0.3) is 0 Å². The Morgan fingerprint density at radius 3 is 2.33 bits per heavy atom. The zero-order valence-corrected chi connectivity index (χ0v) is 16.8. The van der Waals surface area contributed by atoms with Crippen molar-refractivity contribution in [2.24, 2.45) is 0 Å². The molecule has 4 rings (SSSR count). The quantitative estimate of drug-likeness (QED) is 0.552. The number of hydrogen-bond donors (Lipinski definition) is 2. The van der Waals surface area contributed by atoms with Gasteiger partial charge in [-0.2, -0.15) is 8.42 Å². The standard InChI is InChI=1S/C18H25N3O4S2/c22-17-16(21(26)27(23,24)25)7-12-20(17)15-5-3-14(4-6-15)18(8-9-18)13-19-10-1-2-11-19/h3-6,16,26H,1-2,7-13H2,(H,23,24,25). The van der Waals surface area contributed by atoms with Crippen molar-refractivity contribution >= 4 is 34.7 Å². The Labute approximate surface area is 165 Å². The first-order chi connectivity index (χ1) is 12.8. The minimum absolute atomic E-state index is 0.257. The van der Waals surface area contributed by atoms with Gasteiger partial charge in [-0.3, -0.25) is 9.35 Å². The van der Waals surface area contributed by atoms with Gasteiger partial charge in [0.25, 0.3) is 0 Å². The highest BCUT2D eigenvalue weighted by Crippen LogP contribution is 2.49. The number of likely N-dealkylation sites (tertiary alicyclic amines) is 1. The number of amides is 1. The third-order valence-corrected chi connectivity index (χ3v) is 7.68. The van der Waals surface area contributed by atoms with Crippen molar-refractivity contribution in [1.82, 2.24) is 8.61 Å². The largest absolute Gasteiger partial charge is 0.345 e. The highest BCUT2D eigenvalue weighted by atomic mass is 32.3. The predicted octanol–water partition coefficient (Wildman–Crippen LogP) is 1.87. The second kappa shape index (κ2) is 7.04. The highest BCUT2D eigenvalue weighted by molar-refractivity contribution is 7.96. The third kappa shape index (κ3) is 3.75. The fraction of sp³-hybridized carbons (Fsp3) is 0.611. The maximum atomic E-state index is 12.6. The zero-order valence-electron chi connectivity index (χ0n) is 15.1. The van der Waals surface area contributed by atoms with Crippen molar-refractivity contribution in [3.63, 3.8) is 0 Å². The van der Waals surface area contributed by atoms with E-state index in [1.807, 2.05) is 12.1 Å².